The van der Waals surface area contributed by atoms with E-state index in [4.69, 9.17) is 16.4 Å². The van der Waals surface area contributed by atoms with Gasteiger partial charge in [-0.05, 0) is 24.3 Å². The third-order valence-electron chi connectivity index (χ3n) is 4.25. The highest BCUT2D eigenvalue weighted by molar-refractivity contribution is 6.33. The summed E-state index contributed by atoms with van der Waals surface area (Å²) in [4.78, 5) is 42.1. The number of rotatable bonds is 3. The van der Waals surface area contributed by atoms with Crippen molar-refractivity contribution >= 4 is 40.5 Å². The molecule has 4 rings (SSSR count). The maximum Gasteiger partial charge on any atom is 0.278 e. The van der Waals surface area contributed by atoms with Crippen molar-refractivity contribution in [2.24, 2.45) is 11.1 Å². The van der Waals surface area contributed by atoms with Gasteiger partial charge in [0.25, 0.3) is 11.6 Å². The smallest absolute Gasteiger partial charge is 0.278 e. The first-order valence-electron chi connectivity index (χ1n) is 7.59. The lowest BCUT2D eigenvalue weighted by Gasteiger charge is -2.15. The number of fused-ring (bicyclic) bond motifs is 1. The van der Waals surface area contributed by atoms with Crippen LogP contribution in [0, 0.1) is 16.0 Å². The Balaban J connectivity index is 1.70. The van der Waals surface area contributed by atoms with Crippen LogP contribution in [-0.4, -0.2) is 28.6 Å². The molecule has 8 nitrogen and oxygen atoms in total. The fraction of sp³-hybridized carbons (Fsp3) is 0.118. The van der Waals surface area contributed by atoms with Gasteiger partial charge >= 0.3 is 0 Å². The number of carbonyl (C=O) groups excluding carboxylic acids is 2. The average molecular weight is 372 g/mol. The Hall–Kier alpha value is -3.26. The number of halogens is 1. The maximum absolute atomic E-state index is 12.9. The largest absolute Gasteiger partial charge is 0.381 e. The van der Waals surface area contributed by atoms with Crippen LogP contribution >= 0.6 is 11.6 Å². The second-order valence-electron chi connectivity index (χ2n) is 5.78. The number of nitro groups is 1. The second-order valence-corrected chi connectivity index (χ2v) is 6.21. The predicted octanol–water partition coefficient (Wildman–Crippen LogP) is 2.54. The van der Waals surface area contributed by atoms with Crippen molar-refractivity contribution in [2.45, 2.75) is 6.10 Å². The Bertz CT molecular complexity index is 973. The molecule has 0 saturated carbocycles. The first-order valence-corrected chi connectivity index (χ1v) is 7.97. The molecule has 26 heavy (non-hydrogen) atoms. The second kappa shape index (κ2) is 5.92. The van der Waals surface area contributed by atoms with Gasteiger partial charge in [-0.2, -0.15) is 0 Å². The zero-order valence-corrected chi connectivity index (χ0v) is 13.8. The minimum Gasteiger partial charge on any atom is -0.381 e. The lowest BCUT2D eigenvalue weighted by molar-refractivity contribution is -0.384. The number of benzene rings is 2. The van der Waals surface area contributed by atoms with Crippen LogP contribution in [0.15, 0.2) is 53.7 Å². The van der Waals surface area contributed by atoms with E-state index in [1.807, 2.05) is 0 Å². The summed E-state index contributed by atoms with van der Waals surface area (Å²) in [6, 6.07) is 12.0. The Morgan fingerprint density at radius 3 is 2.54 bits per heavy atom. The topological polar surface area (TPSA) is 102 Å². The zero-order valence-electron chi connectivity index (χ0n) is 13.0. The Kier molecular flexibility index (Phi) is 3.69. The average Bonchev–Trinajstić information content (AvgIpc) is 3.17. The standard InChI is InChI=1S/C17H10ClN3O5/c18-10-4-6-11(7-5-10)20-16(22)13-14(19-26-15(13)17(20)23)9-2-1-3-12(8-9)21(24)25/h1-8,13,15H. The van der Waals surface area contributed by atoms with Gasteiger partial charge in [-0.15, -0.1) is 0 Å². The van der Waals surface area contributed by atoms with Crippen molar-refractivity contribution in [1.82, 2.24) is 0 Å². The third kappa shape index (κ3) is 2.42. The van der Waals surface area contributed by atoms with Crippen LogP contribution in [-0.2, 0) is 14.4 Å². The van der Waals surface area contributed by atoms with E-state index in [0.29, 0.717) is 16.3 Å². The monoisotopic (exact) mass is 371 g/mol. The van der Waals surface area contributed by atoms with E-state index in [0.717, 1.165) is 4.90 Å². The molecule has 0 aliphatic carbocycles. The molecule has 0 radical (unpaired) electrons. The summed E-state index contributed by atoms with van der Waals surface area (Å²) in [5.41, 5.74) is 0.806. The van der Waals surface area contributed by atoms with Gasteiger partial charge in [0.2, 0.25) is 12.0 Å². The first kappa shape index (κ1) is 16.2. The zero-order chi connectivity index (χ0) is 18.4. The number of oxime groups is 1. The highest BCUT2D eigenvalue weighted by Crippen LogP contribution is 2.35. The molecule has 2 atom stereocenters. The molecular weight excluding hydrogens is 362 g/mol. The van der Waals surface area contributed by atoms with E-state index in [9.17, 15) is 19.7 Å². The number of nitro benzene ring substituents is 1. The van der Waals surface area contributed by atoms with Crippen molar-refractivity contribution in [3.05, 3.63) is 69.2 Å². The number of anilines is 1. The number of hydrogen-bond donors (Lipinski definition) is 0. The van der Waals surface area contributed by atoms with E-state index in [1.165, 1.54) is 18.2 Å². The minimum absolute atomic E-state index is 0.139. The Morgan fingerprint density at radius 2 is 1.85 bits per heavy atom. The van der Waals surface area contributed by atoms with Gasteiger partial charge in [0.1, 0.15) is 11.6 Å². The van der Waals surface area contributed by atoms with Gasteiger partial charge in [0.05, 0.1) is 10.6 Å². The quantitative estimate of drug-likeness (QED) is 0.468. The van der Waals surface area contributed by atoms with E-state index < -0.39 is 28.8 Å². The van der Waals surface area contributed by atoms with E-state index in [1.54, 1.807) is 30.3 Å². The molecule has 2 amide bonds. The van der Waals surface area contributed by atoms with Crippen molar-refractivity contribution < 1.29 is 19.3 Å². The molecule has 2 heterocycles. The molecule has 2 aromatic carbocycles. The van der Waals surface area contributed by atoms with Gasteiger partial charge in [-0.25, -0.2) is 4.90 Å². The first-order chi connectivity index (χ1) is 12.5. The van der Waals surface area contributed by atoms with E-state index in [-0.39, 0.29) is 11.4 Å². The van der Waals surface area contributed by atoms with Crippen LogP contribution in [0.1, 0.15) is 5.56 Å². The molecule has 2 aromatic rings. The predicted molar refractivity (Wildman–Crippen MR) is 91.9 cm³/mol. The van der Waals surface area contributed by atoms with Gasteiger partial charge in [0.15, 0.2) is 0 Å². The van der Waals surface area contributed by atoms with Crippen LogP contribution < -0.4 is 4.90 Å². The van der Waals surface area contributed by atoms with Crippen LogP contribution in [0.2, 0.25) is 5.02 Å². The van der Waals surface area contributed by atoms with Crippen molar-refractivity contribution in [1.29, 1.82) is 0 Å². The van der Waals surface area contributed by atoms with Gasteiger partial charge in [-0.3, -0.25) is 19.7 Å². The van der Waals surface area contributed by atoms with Crippen molar-refractivity contribution in [3.63, 3.8) is 0 Å². The molecule has 0 spiro atoms. The SMILES string of the molecule is O=C1C2ON=C(c3cccc([N+](=O)[O-])c3)C2C(=O)N1c1ccc(Cl)cc1. The molecule has 0 N–H and O–H groups in total. The number of nitrogens with zero attached hydrogens (tertiary/aromatic N) is 3. The molecule has 0 bridgehead atoms. The number of carbonyl (C=O) groups is 2. The highest BCUT2D eigenvalue weighted by Gasteiger charge is 2.56. The number of imide groups is 1. The molecule has 2 aliphatic rings. The van der Waals surface area contributed by atoms with Crippen LogP contribution in [0.3, 0.4) is 0 Å². The number of non-ortho nitro benzene ring substituents is 1. The molecule has 1 fully saturated rings. The lowest BCUT2D eigenvalue weighted by Crippen LogP contribution is -2.33. The molecule has 2 aliphatic heterocycles. The van der Waals surface area contributed by atoms with Gasteiger partial charge in [-0.1, -0.05) is 28.9 Å². The van der Waals surface area contributed by atoms with Crippen LogP contribution in [0.4, 0.5) is 11.4 Å². The maximum atomic E-state index is 12.9. The highest BCUT2D eigenvalue weighted by atomic mass is 35.5. The summed E-state index contributed by atoms with van der Waals surface area (Å²) in [5.74, 6) is -1.98. The molecule has 2 unspecified atom stereocenters. The molecular formula is C17H10ClN3O5. The summed E-state index contributed by atoms with van der Waals surface area (Å²) in [6.07, 6.45) is -1.08. The van der Waals surface area contributed by atoms with Crippen molar-refractivity contribution in [2.75, 3.05) is 4.90 Å². The Labute approximate surface area is 151 Å². The minimum atomic E-state index is -1.08. The molecule has 130 valence electrons. The lowest BCUT2D eigenvalue weighted by atomic mass is 9.94. The normalized spacial score (nSPS) is 21.4. The third-order valence-corrected chi connectivity index (χ3v) is 4.50. The number of amides is 2. The van der Waals surface area contributed by atoms with Gasteiger partial charge in [0, 0.05) is 22.7 Å². The number of hydrogen-bond acceptors (Lipinski definition) is 6. The summed E-state index contributed by atoms with van der Waals surface area (Å²) < 4.78 is 0. The van der Waals surface area contributed by atoms with Crippen molar-refractivity contribution in [3.8, 4) is 0 Å². The van der Waals surface area contributed by atoms with Gasteiger partial charge < -0.3 is 4.84 Å². The molecule has 1 saturated heterocycles. The Morgan fingerprint density at radius 1 is 1.12 bits per heavy atom. The summed E-state index contributed by atoms with van der Waals surface area (Å²) in [5, 5.41) is 15.3. The summed E-state index contributed by atoms with van der Waals surface area (Å²) in [7, 11) is 0. The molecule has 0 aromatic heterocycles. The fourth-order valence-corrected chi connectivity index (χ4v) is 3.17. The van der Waals surface area contributed by atoms with Crippen LogP contribution in [0.5, 0.6) is 0 Å². The fourth-order valence-electron chi connectivity index (χ4n) is 3.04. The van der Waals surface area contributed by atoms with E-state index >= 15 is 0 Å². The van der Waals surface area contributed by atoms with E-state index in [2.05, 4.69) is 5.16 Å². The summed E-state index contributed by atoms with van der Waals surface area (Å²) in [6.45, 7) is 0. The summed E-state index contributed by atoms with van der Waals surface area (Å²) >= 11 is 5.84. The van der Waals surface area contributed by atoms with Crippen LogP contribution in [0.25, 0.3) is 0 Å². The molecule has 9 heteroatoms.